The molecule has 0 bridgehead atoms. The van der Waals surface area contributed by atoms with Crippen molar-refractivity contribution in [3.05, 3.63) is 22.8 Å². The van der Waals surface area contributed by atoms with E-state index in [1.807, 2.05) is 0 Å². The molecule has 10 atom stereocenters. The van der Waals surface area contributed by atoms with Gasteiger partial charge in [-0.05, 0) is 109 Å². The van der Waals surface area contributed by atoms with Gasteiger partial charge in [-0.1, -0.05) is 33.8 Å². The fraction of sp³-hybridized carbons (Fsp3) is 0.774. The quantitative estimate of drug-likeness (QED) is 0.255. The lowest BCUT2D eigenvalue weighted by Crippen LogP contribution is -2.65. The van der Waals surface area contributed by atoms with Crippen molar-refractivity contribution in [2.24, 2.45) is 39.9 Å². The maximum absolute atomic E-state index is 12.6. The van der Waals surface area contributed by atoms with Gasteiger partial charge in [0.1, 0.15) is 12.4 Å². The number of aliphatic hydroxyl groups excluding tert-OH is 2. The summed E-state index contributed by atoms with van der Waals surface area (Å²) in [7, 11) is 0. The third kappa shape index (κ3) is 4.38. The molecule has 0 heterocycles. The van der Waals surface area contributed by atoms with Crippen molar-refractivity contribution in [3.8, 4) is 0 Å². The van der Waals surface area contributed by atoms with E-state index >= 15 is 0 Å². The molecule has 7 heteroatoms. The molecule has 4 aliphatic rings. The Morgan fingerprint density at radius 2 is 1.74 bits per heavy atom. The summed E-state index contributed by atoms with van der Waals surface area (Å²) in [5, 5.41) is 32.9. The lowest BCUT2D eigenvalue weighted by molar-refractivity contribution is -0.234. The number of fused-ring (bicyclic) bond motifs is 5. The van der Waals surface area contributed by atoms with Crippen molar-refractivity contribution in [1.29, 1.82) is 0 Å². The monoisotopic (exact) mass is 530 g/mol. The van der Waals surface area contributed by atoms with Crippen LogP contribution < -0.4 is 0 Å². The van der Waals surface area contributed by atoms with Gasteiger partial charge in [-0.3, -0.25) is 9.59 Å². The minimum atomic E-state index is -1.04. The smallest absolute Gasteiger partial charge is 0.331 e. The molecule has 4 aliphatic carbocycles. The lowest BCUT2D eigenvalue weighted by atomic mass is 9.36. The van der Waals surface area contributed by atoms with Gasteiger partial charge >= 0.3 is 11.9 Å². The maximum atomic E-state index is 12.6. The number of carboxylic acids is 1. The first kappa shape index (κ1) is 29.0. The number of hydrogen-bond acceptors (Lipinski definition) is 6. The molecule has 7 nitrogen and oxygen atoms in total. The fourth-order valence-electron chi connectivity index (χ4n) is 9.78. The standard InChI is InChI=1S/C31H46O7/c1-17(16-32)8-7-9-20(28(36)37)26-22-14-24(35)27-29(4)12-11-23(34)18(2)21(29)10-13-30(27,5)31(22,6)15-25(26)38-19(3)33/h8,16,18,21-25,27,34-35H,7,9-15H2,1-6H3,(H,36,37). The summed E-state index contributed by atoms with van der Waals surface area (Å²) in [5.74, 6) is -1.20. The average Bonchev–Trinajstić information content (AvgIpc) is 3.10. The number of hydrogen-bond donors (Lipinski definition) is 3. The third-order valence-corrected chi connectivity index (χ3v) is 11.7. The second kappa shape index (κ2) is 10.2. The van der Waals surface area contributed by atoms with E-state index in [1.54, 1.807) is 13.0 Å². The van der Waals surface area contributed by atoms with Crippen molar-refractivity contribution in [2.75, 3.05) is 0 Å². The molecule has 4 fully saturated rings. The van der Waals surface area contributed by atoms with E-state index in [9.17, 15) is 29.7 Å². The molecule has 212 valence electrons. The zero-order valence-corrected chi connectivity index (χ0v) is 23.8. The molecule has 0 radical (unpaired) electrons. The number of carboxylic acid groups (broad SMARTS) is 1. The highest BCUT2D eigenvalue weighted by atomic mass is 16.5. The van der Waals surface area contributed by atoms with Crippen LogP contribution in [0.1, 0.15) is 92.9 Å². The van der Waals surface area contributed by atoms with Gasteiger partial charge in [-0.25, -0.2) is 4.79 Å². The van der Waals surface area contributed by atoms with Crippen LogP contribution in [0.15, 0.2) is 22.8 Å². The minimum absolute atomic E-state index is 0.00808. The van der Waals surface area contributed by atoms with Crippen molar-refractivity contribution in [3.63, 3.8) is 0 Å². The van der Waals surface area contributed by atoms with Crippen molar-refractivity contribution in [2.45, 2.75) is 111 Å². The zero-order chi connectivity index (χ0) is 28.2. The van der Waals surface area contributed by atoms with Crippen molar-refractivity contribution in [1.82, 2.24) is 0 Å². The number of esters is 1. The van der Waals surface area contributed by atoms with Crippen LogP contribution in [0.4, 0.5) is 0 Å². The van der Waals surface area contributed by atoms with E-state index in [1.165, 1.54) is 6.92 Å². The Bertz CT molecular complexity index is 1040. The number of ether oxygens (including phenoxy) is 1. The van der Waals surface area contributed by atoms with Gasteiger partial charge in [0.2, 0.25) is 0 Å². The summed E-state index contributed by atoms with van der Waals surface area (Å²) in [4.78, 5) is 35.9. The highest BCUT2D eigenvalue weighted by molar-refractivity contribution is 5.88. The first-order chi connectivity index (χ1) is 17.7. The molecule has 0 aromatic carbocycles. The third-order valence-electron chi connectivity index (χ3n) is 11.7. The summed E-state index contributed by atoms with van der Waals surface area (Å²) in [6.45, 7) is 12.0. The second-order valence-corrected chi connectivity index (χ2v) is 13.4. The van der Waals surface area contributed by atoms with Crippen molar-refractivity contribution >= 4 is 18.2 Å². The van der Waals surface area contributed by atoms with Crippen LogP contribution in [0.3, 0.4) is 0 Å². The molecular formula is C31H46O7. The Morgan fingerprint density at radius 1 is 1.05 bits per heavy atom. The average molecular weight is 531 g/mol. The molecule has 0 aliphatic heterocycles. The number of aliphatic carboxylic acids is 1. The van der Waals surface area contributed by atoms with Gasteiger partial charge in [0.25, 0.3) is 0 Å². The second-order valence-electron chi connectivity index (χ2n) is 13.4. The zero-order valence-electron chi connectivity index (χ0n) is 23.8. The summed E-state index contributed by atoms with van der Waals surface area (Å²) in [6.07, 6.45) is 5.92. The van der Waals surface area contributed by atoms with Crippen LogP contribution in [0.5, 0.6) is 0 Å². The number of rotatable bonds is 6. The highest BCUT2D eigenvalue weighted by Crippen LogP contribution is 2.74. The molecule has 0 saturated heterocycles. The molecule has 4 rings (SSSR count). The van der Waals surface area contributed by atoms with E-state index < -0.39 is 24.1 Å². The van der Waals surface area contributed by atoms with Crippen LogP contribution in [0.2, 0.25) is 0 Å². The molecule has 0 aromatic heterocycles. The van der Waals surface area contributed by atoms with Gasteiger partial charge in [0, 0.05) is 12.5 Å². The molecule has 0 spiro atoms. The van der Waals surface area contributed by atoms with Crippen LogP contribution in [0.25, 0.3) is 0 Å². The topological polar surface area (TPSA) is 121 Å². The Balaban J connectivity index is 1.81. The lowest BCUT2D eigenvalue weighted by Gasteiger charge is -2.69. The minimum Gasteiger partial charge on any atom is -0.478 e. The molecule has 10 unspecified atom stereocenters. The molecule has 4 saturated carbocycles. The molecule has 38 heavy (non-hydrogen) atoms. The van der Waals surface area contributed by atoms with Crippen LogP contribution in [0, 0.1) is 39.9 Å². The Kier molecular flexibility index (Phi) is 7.78. The number of aldehydes is 1. The Labute approximate surface area is 226 Å². The van der Waals surface area contributed by atoms with E-state index in [-0.39, 0.29) is 52.1 Å². The summed E-state index contributed by atoms with van der Waals surface area (Å²) in [6, 6.07) is 0. The highest BCUT2D eigenvalue weighted by Gasteiger charge is 2.70. The Morgan fingerprint density at radius 3 is 2.34 bits per heavy atom. The van der Waals surface area contributed by atoms with E-state index in [0.717, 1.165) is 32.0 Å². The van der Waals surface area contributed by atoms with Crippen molar-refractivity contribution < 1.29 is 34.4 Å². The number of allylic oxidation sites excluding steroid dienone is 2. The fourth-order valence-corrected chi connectivity index (χ4v) is 9.78. The molecule has 0 aromatic rings. The summed E-state index contributed by atoms with van der Waals surface area (Å²) in [5.41, 5.74) is 0.645. The van der Waals surface area contributed by atoms with Gasteiger partial charge in [0.05, 0.1) is 12.2 Å². The SMILES string of the molecule is CC(=O)OC1CC2(C)C(CC(O)C3C4(C)CCC(O)C(C)C4CCC32C)C1=C(CCC=C(C)C=O)C(=O)O. The number of carbonyl (C=O) groups excluding carboxylic acids is 2. The maximum Gasteiger partial charge on any atom is 0.331 e. The van der Waals surface area contributed by atoms with Gasteiger partial charge in [0.15, 0.2) is 0 Å². The molecule has 0 amide bonds. The number of carbonyl (C=O) groups is 3. The predicted octanol–water partition coefficient (Wildman–Crippen LogP) is 4.85. The molecular weight excluding hydrogens is 484 g/mol. The van der Waals surface area contributed by atoms with E-state index in [2.05, 4.69) is 27.7 Å². The predicted molar refractivity (Wildman–Crippen MR) is 143 cm³/mol. The van der Waals surface area contributed by atoms with E-state index in [0.29, 0.717) is 36.3 Å². The van der Waals surface area contributed by atoms with Crippen LogP contribution >= 0.6 is 0 Å². The van der Waals surface area contributed by atoms with Gasteiger partial charge in [-0.15, -0.1) is 0 Å². The Hall–Kier alpha value is -1.99. The first-order valence-corrected chi connectivity index (χ1v) is 14.3. The van der Waals surface area contributed by atoms with Crippen LogP contribution in [-0.4, -0.2) is 51.9 Å². The van der Waals surface area contributed by atoms with Gasteiger partial charge in [-0.2, -0.15) is 0 Å². The van der Waals surface area contributed by atoms with Gasteiger partial charge < -0.3 is 20.1 Å². The summed E-state index contributed by atoms with van der Waals surface area (Å²) < 4.78 is 5.84. The summed E-state index contributed by atoms with van der Waals surface area (Å²) >= 11 is 0. The largest absolute Gasteiger partial charge is 0.478 e. The molecule has 3 N–H and O–H groups in total. The van der Waals surface area contributed by atoms with E-state index in [4.69, 9.17) is 4.74 Å². The first-order valence-electron chi connectivity index (χ1n) is 14.3. The normalized spacial score (nSPS) is 45.9. The number of aliphatic hydroxyl groups is 2. The van der Waals surface area contributed by atoms with Crippen LogP contribution in [-0.2, 0) is 19.1 Å².